The van der Waals surface area contributed by atoms with Gasteiger partial charge in [-0.05, 0) is 39.0 Å². The van der Waals surface area contributed by atoms with Gasteiger partial charge in [-0.2, -0.15) is 0 Å². The van der Waals surface area contributed by atoms with Gasteiger partial charge in [0.2, 0.25) is 11.0 Å². The van der Waals surface area contributed by atoms with Gasteiger partial charge in [-0.1, -0.05) is 46.7 Å². The van der Waals surface area contributed by atoms with Gasteiger partial charge in [0.1, 0.15) is 5.01 Å². The fourth-order valence-corrected chi connectivity index (χ4v) is 5.15. The van der Waals surface area contributed by atoms with Gasteiger partial charge in [-0.3, -0.25) is 14.9 Å². The Morgan fingerprint density at radius 2 is 1.82 bits per heavy atom. The molecular weight excluding hydrogens is 454 g/mol. The molecule has 0 atom stereocenters. The molecule has 0 aliphatic carbocycles. The fraction of sp³-hybridized carbons (Fsp3) is 0.250. The van der Waals surface area contributed by atoms with Crippen molar-refractivity contribution in [3.8, 4) is 0 Å². The van der Waals surface area contributed by atoms with E-state index in [9.17, 15) is 9.59 Å². The lowest BCUT2D eigenvalue weighted by atomic mass is 10.1. The maximum absolute atomic E-state index is 12.6. The van der Waals surface area contributed by atoms with E-state index in [2.05, 4.69) is 37.5 Å². The molecule has 170 valence electrons. The van der Waals surface area contributed by atoms with Gasteiger partial charge >= 0.3 is 0 Å². The number of fused-ring (bicyclic) bond motifs is 1. The van der Waals surface area contributed by atoms with Crippen molar-refractivity contribution in [3.63, 3.8) is 0 Å². The molecule has 2 aromatic carbocycles. The van der Waals surface area contributed by atoms with Crippen molar-refractivity contribution in [2.75, 3.05) is 17.6 Å². The van der Waals surface area contributed by atoms with Gasteiger partial charge in [0.25, 0.3) is 5.91 Å². The smallest absolute Gasteiger partial charge is 0.251 e. The largest absolute Gasteiger partial charge is 0.350 e. The summed E-state index contributed by atoms with van der Waals surface area (Å²) in [6, 6.07) is 13.9. The molecule has 0 saturated carbocycles. The Bertz CT molecular complexity index is 1290. The van der Waals surface area contributed by atoms with E-state index in [0.29, 0.717) is 23.8 Å². The molecule has 4 aromatic rings. The molecule has 9 heteroatoms. The van der Waals surface area contributed by atoms with E-state index >= 15 is 0 Å². The zero-order chi connectivity index (χ0) is 23.4. The first-order valence-electron chi connectivity index (χ1n) is 10.6. The van der Waals surface area contributed by atoms with Crippen molar-refractivity contribution < 1.29 is 9.59 Å². The number of carbonyl (C=O) groups excluding carboxylic acids is 2. The molecule has 0 radical (unpaired) electrons. The molecule has 7 nitrogen and oxygen atoms in total. The lowest BCUT2D eigenvalue weighted by Crippen LogP contribution is -2.27. The number of carbonyl (C=O) groups is 2. The highest BCUT2D eigenvalue weighted by atomic mass is 32.2. The van der Waals surface area contributed by atoms with Crippen LogP contribution in [0.1, 0.15) is 26.5 Å². The van der Waals surface area contributed by atoms with Crippen LogP contribution < -0.4 is 10.6 Å². The van der Waals surface area contributed by atoms with Crippen molar-refractivity contribution in [1.82, 2.24) is 20.1 Å². The summed E-state index contributed by atoms with van der Waals surface area (Å²) in [5, 5.41) is 16.1. The van der Waals surface area contributed by atoms with Crippen LogP contribution in [0.4, 0.5) is 5.13 Å². The molecule has 2 amide bonds. The molecule has 33 heavy (non-hydrogen) atoms. The minimum absolute atomic E-state index is 0.0727. The van der Waals surface area contributed by atoms with Gasteiger partial charge < -0.3 is 9.88 Å². The molecule has 2 aromatic heterocycles. The highest BCUT2D eigenvalue weighted by molar-refractivity contribution is 8.00. The topological polar surface area (TPSA) is 88.9 Å². The first-order valence-corrected chi connectivity index (χ1v) is 12.4. The van der Waals surface area contributed by atoms with E-state index in [1.807, 2.05) is 57.3 Å². The van der Waals surface area contributed by atoms with Crippen LogP contribution in [-0.2, 0) is 11.3 Å². The molecule has 0 saturated heterocycles. The third-order valence-electron chi connectivity index (χ3n) is 5.01. The number of rotatable bonds is 8. The Balaban J connectivity index is 1.39. The summed E-state index contributed by atoms with van der Waals surface area (Å²) in [5.41, 5.74) is 3.89. The van der Waals surface area contributed by atoms with E-state index in [1.165, 1.54) is 23.1 Å². The maximum Gasteiger partial charge on any atom is 0.251 e. The number of hydrogen-bond donors (Lipinski definition) is 2. The quantitative estimate of drug-likeness (QED) is 0.361. The van der Waals surface area contributed by atoms with E-state index in [1.54, 1.807) is 0 Å². The molecule has 0 bridgehead atoms. The van der Waals surface area contributed by atoms with Gasteiger partial charge in [0, 0.05) is 40.6 Å². The summed E-state index contributed by atoms with van der Waals surface area (Å²) in [6.45, 7) is 6.97. The number of aromatic nitrogens is 3. The van der Waals surface area contributed by atoms with Gasteiger partial charge in [0.15, 0.2) is 0 Å². The number of amides is 2. The van der Waals surface area contributed by atoms with Crippen LogP contribution in [0.25, 0.3) is 10.9 Å². The minimum Gasteiger partial charge on any atom is -0.350 e. The van der Waals surface area contributed by atoms with Crippen molar-refractivity contribution >= 4 is 50.9 Å². The molecule has 0 unspecified atom stereocenters. The fourth-order valence-electron chi connectivity index (χ4n) is 3.66. The molecule has 2 N–H and O–H groups in total. The maximum atomic E-state index is 12.6. The number of nitrogens with zero attached hydrogens (tertiary/aromatic N) is 3. The molecule has 0 spiro atoms. The van der Waals surface area contributed by atoms with Gasteiger partial charge in [0.05, 0.1) is 5.75 Å². The monoisotopic (exact) mass is 479 g/mol. The summed E-state index contributed by atoms with van der Waals surface area (Å²) in [7, 11) is 0. The molecule has 2 heterocycles. The van der Waals surface area contributed by atoms with E-state index in [-0.39, 0.29) is 17.6 Å². The second-order valence-corrected chi connectivity index (χ2v) is 10.00. The molecule has 0 aliphatic rings. The average Bonchev–Trinajstić information content (AvgIpc) is 3.34. The third kappa shape index (κ3) is 5.80. The third-order valence-corrected chi connectivity index (χ3v) is 6.80. The van der Waals surface area contributed by atoms with Crippen LogP contribution in [-0.4, -0.2) is 38.9 Å². The predicted molar refractivity (Wildman–Crippen MR) is 134 cm³/mol. The zero-order valence-corrected chi connectivity index (χ0v) is 20.3. The van der Waals surface area contributed by atoms with Crippen LogP contribution in [0.5, 0.6) is 0 Å². The van der Waals surface area contributed by atoms with Crippen LogP contribution in [0, 0.1) is 20.8 Å². The number of nitrogens with one attached hydrogen (secondary N) is 2. The lowest BCUT2D eigenvalue weighted by molar-refractivity contribution is -0.113. The second-order valence-electron chi connectivity index (χ2n) is 7.80. The van der Waals surface area contributed by atoms with Crippen LogP contribution in [0.15, 0.2) is 53.6 Å². The Morgan fingerprint density at radius 1 is 1.06 bits per heavy atom. The van der Waals surface area contributed by atoms with Crippen molar-refractivity contribution in [2.45, 2.75) is 32.2 Å². The summed E-state index contributed by atoms with van der Waals surface area (Å²) < 4.78 is 2.12. The second kappa shape index (κ2) is 10.2. The first-order chi connectivity index (χ1) is 15.9. The summed E-state index contributed by atoms with van der Waals surface area (Å²) in [4.78, 5) is 25.9. The molecule has 0 fully saturated rings. The van der Waals surface area contributed by atoms with Gasteiger partial charge in [-0.25, -0.2) is 0 Å². The first kappa shape index (κ1) is 23.0. The number of anilines is 1. The minimum atomic E-state index is -0.117. The van der Waals surface area contributed by atoms with Gasteiger partial charge in [-0.15, -0.1) is 22.0 Å². The highest BCUT2D eigenvalue weighted by Crippen LogP contribution is 2.30. The highest BCUT2D eigenvalue weighted by Gasteiger charge is 2.13. The predicted octanol–water partition coefficient (Wildman–Crippen LogP) is 4.58. The molecular formula is C24H25N5O2S2. The number of para-hydroxylation sites is 1. The van der Waals surface area contributed by atoms with Crippen LogP contribution in [0.3, 0.4) is 0 Å². The Morgan fingerprint density at radius 3 is 2.55 bits per heavy atom. The Hall–Kier alpha value is -3.17. The number of hydrogen-bond acceptors (Lipinski definition) is 6. The van der Waals surface area contributed by atoms with Crippen molar-refractivity contribution in [1.29, 1.82) is 0 Å². The van der Waals surface area contributed by atoms with E-state index < -0.39 is 0 Å². The Kier molecular flexibility index (Phi) is 7.10. The van der Waals surface area contributed by atoms with Crippen LogP contribution in [0.2, 0.25) is 0 Å². The molecule has 0 aliphatic heterocycles. The number of thioether (sulfide) groups is 1. The summed E-state index contributed by atoms with van der Waals surface area (Å²) in [5.74, 6) is 0.0842. The normalized spacial score (nSPS) is 11.0. The van der Waals surface area contributed by atoms with E-state index in [4.69, 9.17) is 0 Å². The summed E-state index contributed by atoms with van der Waals surface area (Å²) in [6.07, 6.45) is 2.04. The standard InChI is InChI=1S/C24H25N5O2S2/c1-15-10-16(2)12-18(11-15)23(31)25-8-9-29-13-21(19-6-4-5-7-20(19)29)32-14-22(30)26-24-28-27-17(3)33-24/h4-7,10-13H,8-9,14H2,1-3H3,(H,25,31)(H,26,28,30). The number of benzene rings is 2. The van der Waals surface area contributed by atoms with Crippen molar-refractivity contribution in [2.24, 2.45) is 0 Å². The lowest BCUT2D eigenvalue weighted by Gasteiger charge is -2.09. The summed E-state index contributed by atoms with van der Waals surface area (Å²) >= 11 is 2.83. The zero-order valence-electron chi connectivity index (χ0n) is 18.7. The molecule has 4 rings (SSSR count). The van der Waals surface area contributed by atoms with Crippen LogP contribution >= 0.6 is 23.1 Å². The Labute approximate surface area is 200 Å². The van der Waals surface area contributed by atoms with Crippen molar-refractivity contribution in [3.05, 3.63) is 70.4 Å². The number of aryl methyl sites for hydroxylation is 3. The van der Waals surface area contributed by atoms with E-state index in [0.717, 1.165) is 31.9 Å². The average molecular weight is 480 g/mol. The SMILES string of the molecule is Cc1cc(C)cc(C(=O)NCCn2cc(SCC(=O)Nc3nnc(C)s3)c3ccccc32)c1.